The van der Waals surface area contributed by atoms with Crippen molar-refractivity contribution in [2.75, 3.05) is 16.5 Å². The van der Waals surface area contributed by atoms with Crippen molar-refractivity contribution >= 4 is 44.8 Å². The zero-order chi connectivity index (χ0) is 52.2. The van der Waals surface area contributed by atoms with Gasteiger partial charge in [-0.3, -0.25) is 14.3 Å². The fourth-order valence-corrected chi connectivity index (χ4v) is 8.35. The Bertz CT molecular complexity index is 3640. The minimum atomic E-state index is -0.613. The Kier molecular flexibility index (Phi) is 7.31. The zero-order valence-corrected chi connectivity index (χ0v) is 35.9. The maximum atomic E-state index is 15.3. The van der Waals surface area contributed by atoms with E-state index < -0.39 is 71.7 Å². The summed E-state index contributed by atoms with van der Waals surface area (Å²) in [7, 11) is 0. The molecule has 1 aliphatic rings. The molecule has 9 aromatic rings. The third-order valence-electron chi connectivity index (χ3n) is 11.6. The molecule has 0 atom stereocenters. The number of ether oxygens (including phenoxy) is 1. The van der Waals surface area contributed by atoms with E-state index in [-0.39, 0.29) is 45.6 Å². The Labute approximate surface area is 383 Å². The van der Waals surface area contributed by atoms with Gasteiger partial charge in [0, 0.05) is 45.9 Å². The average molecular weight is 833 g/mol. The molecule has 0 unspecified atom stereocenters. The summed E-state index contributed by atoms with van der Waals surface area (Å²) in [5, 5.41) is 2.09. The van der Waals surface area contributed by atoms with Gasteiger partial charge in [0.2, 0.25) is 0 Å². The van der Waals surface area contributed by atoms with Crippen LogP contribution in [0.15, 0.2) is 182 Å². The third-order valence-corrected chi connectivity index (χ3v) is 11.6. The Hall–Kier alpha value is -7.44. The van der Waals surface area contributed by atoms with E-state index in [4.69, 9.17) is 23.4 Å². The number of hydrogen-bond acceptors (Lipinski definition) is 4. The number of anilines is 3. The van der Waals surface area contributed by atoms with Gasteiger partial charge in [0.1, 0.15) is 24.0 Å². The number of nitrogens with zero attached hydrogens (tertiary/aromatic N) is 4. The first-order chi connectivity index (χ1) is 34.6. The molecule has 0 aliphatic carbocycles. The summed E-state index contributed by atoms with van der Waals surface area (Å²) in [5.41, 5.74) is 4.40. The van der Waals surface area contributed by atoms with E-state index >= 15 is 4.79 Å². The van der Waals surface area contributed by atoms with Crippen molar-refractivity contribution in [2.45, 2.75) is 52.4 Å². The van der Waals surface area contributed by atoms with Gasteiger partial charge >= 0.3 is 0 Å². The molecule has 0 radical (unpaired) electrons. The van der Waals surface area contributed by atoms with Gasteiger partial charge in [0.25, 0.3) is 5.91 Å². The van der Waals surface area contributed by atoms with Crippen LogP contribution in [0.5, 0.6) is 11.5 Å². The summed E-state index contributed by atoms with van der Waals surface area (Å²) in [6.07, 6.45) is 1.84. The summed E-state index contributed by atoms with van der Waals surface area (Å²) >= 11 is 0. The number of rotatable bonds is 7. The molecule has 0 N–H and O–H groups in total. The molecule has 0 bridgehead atoms. The van der Waals surface area contributed by atoms with Gasteiger partial charge in [-0.05, 0) is 87.7 Å². The fraction of sp³-hybridized carbons (Fsp3) is 0.158. The molecule has 7 aromatic carbocycles. The molecule has 63 heavy (non-hydrogen) atoms. The minimum absolute atomic E-state index is 0.0151. The third kappa shape index (κ3) is 7.31. The second kappa shape index (κ2) is 15.5. The first-order valence-corrected chi connectivity index (χ1v) is 20.9. The number of carbonyl (C=O) groups is 1. The van der Waals surface area contributed by atoms with Crippen LogP contribution in [0.25, 0.3) is 49.9 Å². The molecule has 0 saturated carbocycles. The lowest BCUT2D eigenvalue weighted by molar-refractivity contribution is 0.0983. The molecular weight excluding hydrogens is 773 g/mol. The average Bonchev–Trinajstić information content (AvgIpc) is 3.70. The Morgan fingerprint density at radius 3 is 1.90 bits per heavy atom. The number of amides is 1. The van der Waals surface area contributed by atoms with Crippen molar-refractivity contribution in [3.63, 3.8) is 0 Å². The molecule has 0 saturated heterocycles. The monoisotopic (exact) mass is 832 g/mol. The summed E-state index contributed by atoms with van der Waals surface area (Å²) < 4.78 is 96.5. The Morgan fingerprint density at radius 1 is 0.571 bits per heavy atom. The van der Waals surface area contributed by atoms with Crippen molar-refractivity contribution in [3.8, 4) is 39.6 Å². The first kappa shape index (κ1) is 29.8. The molecule has 6 heteroatoms. The van der Waals surface area contributed by atoms with Gasteiger partial charge < -0.3 is 9.64 Å². The molecule has 3 heterocycles. The zero-order valence-electron chi connectivity index (χ0n) is 45.9. The molecule has 2 aromatic heterocycles. The van der Waals surface area contributed by atoms with Crippen LogP contribution in [0.1, 0.15) is 76.7 Å². The number of fused-ring (bicyclic) bond motifs is 4. The van der Waals surface area contributed by atoms with E-state index in [0.717, 1.165) is 38.8 Å². The standard InChI is InChI=1S/C57H50N4O2/c1-56(2,3)40-30-31-58-53(34-40)61-51-27-16-13-22-47(51)48-29-28-43(36-52(48)61)63-44-33-41(57(4,5)6)32-42(35-44)59-37-60(55(62)49-23-14-15-26-50(49)59)54-45(38-18-9-7-10-19-38)24-17-25-46(54)39-20-11-8-12-21-39/h7-36H,37H2,1-6H3/i7D,8D,9D,10D,11D,12D,18D,19D,20D,21D. The van der Waals surface area contributed by atoms with Gasteiger partial charge in [-0.1, -0.05) is 150 Å². The normalized spacial score (nSPS) is 15.4. The van der Waals surface area contributed by atoms with Crippen LogP contribution in [0.2, 0.25) is 0 Å². The van der Waals surface area contributed by atoms with Crippen LogP contribution in [0.3, 0.4) is 0 Å². The summed E-state index contributed by atoms with van der Waals surface area (Å²) in [5.74, 6) is 1.30. The molecule has 6 nitrogen and oxygen atoms in total. The Morgan fingerprint density at radius 2 is 1.21 bits per heavy atom. The van der Waals surface area contributed by atoms with Crippen LogP contribution in [0.4, 0.5) is 17.1 Å². The summed E-state index contributed by atoms with van der Waals surface area (Å²) in [4.78, 5) is 23.4. The number of pyridine rings is 1. The van der Waals surface area contributed by atoms with Gasteiger partial charge in [0.15, 0.2) is 0 Å². The van der Waals surface area contributed by atoms with E-state index in [0.29, 0.717) is 22.9 Å². The molecule has 310 valence electrons. The van der Waals surface area contributed by atoms with Crippen LogP contribution in [-0.4, -0.2) is 22.1 Å². The van der Waals surface area contributed by atoms with Crippen molar-refractivity contribution in [2.24, 2.45) is 0 Å². The van der Waals surface area contributed by atoms with Crippen LogP contribution in [0, 0.1) is 0 Å². The van der Waals surface area contributed by atoms with Gasteiger partial charge in [-0.15, -0.1) is 0 Å². The first-order valence-electron chi connectivity index (χ1n) is 25.9. The van der Waals surface area contributed by atoms with E-state index in [2.05, 4.69) is 70.4 Å². The lowest BCUT2D eigenvalue weighted by Gasteiger charge is -2.40. The number of benzene rings is 7. The van der Waals surface area contributed by atoms with E-state index in [1.54, 1.807) is 12.1 Å². The van der Waals surface area contributed by atoms with Crippen molar-refractivity contribution in [3.05, 3.63) is 199 Å². The van der Waals surface area contributed by atoms with Crippen molar-refractivity contribution in [1.29, 1.82) is 0 Å². The van der Waals surface area contributed by atoms with Crippen LogP contribution >= 0.6 is 0 Å². The highest BCUT2D eigenvalue weighted by atomic mass is 16.5. The smallest absolute Gasteiger partial charge is 0.261 e. The molecule has 10 rings (SSSR count). The second-order valence-corrected chi connectivity index (χ2v) is 17.8. The highest BCUT2D eigenvalue weighted by Crippen LogP contribution is 2.46. The van der Waals surface area contributed by atoms with Gasteiger partial charge in [-0.25, -0.2) is 4.98 Å². The van der Waals surface area contributed by atoms with E-state index in [1.165, 1.54) is 23.1 Å². The molecule has 1 amide bonds. The lowest BCUT2D eigenvalue weighted by Crippen LogP contribution is -2.45. The second-order valence-electron chi connectivity index (χ2n) is 17.8. The number of carbonyl (C=O) groups excluding carboxylic acids is 1. The van der Waals surface area contributed by atoms with Crippen molar-refractivity contribution < 1.29 is 23.2 Å². The van der Waals surface area contributed by atoms with Gasteiger partial charge in [-0.2, -0.15) is 0 Å². The fourth-order valence-electron chi connectivity index (χ4n) is 8.35. The van der Waals surface area contributed by atoms with Crippen LogP contribution in [-0.2, 0) is 10.8 Å². The molecular formula is C57H50N4O2. The highest BCUT2D eigenvalue weighted by Gasteiger charge is 2.34. The molecule has 1 aliphatic heterocycles. The van der Waals surface area contributed by atoms with E-state index in [1.807, 2.05) is 71.8 Å². The minimum Gasteiger partial charge on any atom is -0.457 e. The topological polar surface area (TPSA) is 50.6 Å². The predicted molar refractivity (Wildman–Crippen MR) is 260 cm³/mol. The van der Waals surface area contributed by atoms with E-state index in [9.17, 15) is 0 Å². The summed E-state index contributed by atoms with van der Waals surface area (Å²) in [6, 6.07) is 30.0. The number of aromatic nitrogens is 2. The quantitative estimate of drug-likeness (QED) is 0.160. The largest absolute Gasteiger partial charge is 0.457 e. The maximum absolute atomic E-state index is 15.3. The van der Waals surface area contributed by atoms with Crippen LogP contribution < -0.4 is 14.5 Å². The Balaban J connectivity index is 1.16. The van der Waals surface area contributed by atoms with Crippen molar-refractivity contribution in [1.82, 2.24) is 9.55 Å². The number of hydrogen-bond donors (Lipinski definition) is 0. The van der Waals surface area contributed by atoms with Gasteiger partial charge in [0.05, 0.1) is 41.7 Å². The molecule has 0 spiro atoms. The molecule has 0 fully saturated rings. The highest BCUT2D eigenvalue weighted by molar-refractivity contribution is 6.16. The maximum Gasteiger partial charge on any atom is 0.261 e. The predicted octanol–water partition coefficient (Wildman–Crippen LogP) is 14.7. The lowest BCUT2D eigenvalue weighted by atomic mass is 9.86. The summed E-state index contributed by atoms with van der Waals surface area (Å²) in [6.45, 7) is 12.6. The SMILES string of the molecule is [2H]c1c([2H])c([2H])c(-c2cccc(-c3c([2H])c([2H])c([2H])c([2H])c3[2H])c2N2CN(c3cc(Oc4ccc5c6ccccc6n(-c6cc(C(C)(C)C)ccn6)c5c4)cc(C(C)(C)C)c3)c3ccccc3C2=O)c([2H])c1[2H]. The number of para-hydroxylation sites is 3.